The average Bonchev–Trinajstić information content (AvgIpc) is 2.26. The van der Waals surface area contributed by atoms with E-state index in [9.17, 15) is 0 Å². The van der Waals surface area contributed by atoms with E-state index < -0.39 is 0 Å². The third kappa shape index (κ3) is 3.18. The first kappa shape index (κ1) is 13.0. The Labute approximate surface area is 95.2 Å². The van der Waals surface area contributed by atoms with Crippen LogP contribution in [0.2, 0.25) is 0 Å². The summed E-state index contributed by atoms with van der Waals surface area (Å²) in [5, 5.41) is 0. The summed E-state index contributed by atoms with van der Waals surface area (Å²) in [6.07, 6.45) is 3.90. The maximum atomic E-state index is 5.89. The van der Waals surface area contributed by atoms with Gasteiger partial charge in [0.25, 0.3) is 0 Å². The number of nitrogens with zero attached hydrogens (tertiary/aromatic N) is 1. The standard InChI is InChI=1S/C13H28N2/c1-5-11(3)12(4)15-7-6-10(2)8-13(15)9-14/h10-13H,5-9,14H2,1-4H3. The SMILES string of the molecule is CCC(C)C(C)N1CCC(C)CC1CN. The van der Waals surface area contributed by atoms with E-state index in [1.54, 1.807) is 0 Å². The van der Waals surface area contributed by atoms with Crippen molar-refractivity contribution in [3.8, 4) is 0 Å². The molecule has 2 nitrogen and oxygen atoms in total. The highest BCUT2D eigenvalue weighted by Gasteiger charge is 2.30. The van der Waals surface area contributed by atoms with Crippen LogP contribution in [0, 0.1) is 11.8 Å². The molecule has 0 bridgehead atoms. The van der Waals surface area contributed by atoms with Gasteiger partial charge in [-0.2, -0.15) is 0 Å². The van der Waals surface area contributed by atoms with Crippen molar-refractivity contribution in [2.75, 3.05) is 13.1 Å². The van der Waals surface area contributed by atoms with Crippen LogP contribution in [-0.4, -0.2) is 30.1 Å². The van der Waals surface area contributed by atoms with Crippen LogP contribution < -0.4 is 5.73 Å². The largest absolute Gasteiger partial charge is 0.329 e. The lowest BCUT2D eigenvalue weighted by Gasteiger charge is -2.43. The third-order valence-corrected chi connectivity index (χ3v) is 4.29. The second kappa shape index (κ2) is 5.86. The van der Waals surface area contributed by atoms with Gasteiger partial charge in [-0.15, -0.1) is 0 Å². The van der Waals surface area contributed by atoms with Crippen LogP contribution in [0.1, 0.15) is 47.0 Å². The number of piperidine rings is 1. The van der Waals surface area contributed by atoms with Crippen molar-refractivity contribution in [2.45, 2.75) is 59.0 Å². The molecule has 0 aromatic heterocycles. The van der Waals surface area contributed by atoms with Crippen LogP contribution in [0.25, 0.3) is 0 Å². The van der Waals surface area contributed by atoms with Gasteiger partial charge in [-0.1, -0.05) is 27.2 Å². The molecule has 0 radical (unpaired) electrons. The molecule has 1 aliphatic rings. The van der Waals surface area contributed by atoms with Crippen molar-refractivity contribution in [1.29, 1.82) is 0 Å². The number of nitrogens with two attached hydrogens (primary N) is 1. The molecule has 0 aromatic rings. The zero-order valence-corrected chi connectivity index (χ0v) is 10.9. The van der Waals surface area contributed by atoms with E-state index in [0.717, 1.165) is 18.4 Å². The Balaban J connectivity index is 2.58. The summed E-state index contributed by atoms with van der Waals surface area (Å²) < 4.78 is 0. The highest BCUT2D eigenvalue weighted by atomic mass is 15.2. The molecular weight excluding hydrogens is 184 g/mol. The third-order valence-electron chi connectivity index (χ3n) is 4.29. The highest BCUT2D eigenvalue weighted by Crippen LogP contribution is 2.26. The fourth-order valence-electron chi connectivity index (χ4n) is 2.71. The van der Waals surface area contributed by atoms with Crippen LogP contribution in [0.4, 0.5) is 0 Å². The molecule has 1 aliphatic heterocycles. The minimum Gasteiger partial charge on any atom is -0.329 e. The summed E-state index contributed by atoms with van der Waals surface area (Å²) in [5.41, 5.74) is 5.89. The van der Waals surface area contributed by atoms with Gasteiger partial charge in [0.1, 0.15) is 0 Å². The van der Waals surface area contributed by atoms with Crippen molar-refractivity contribution in [3.05, 3.63) is 0 Å². The van der Waals surface area contributed by atoms with E-state index in [1.807, 2.05) is 0 Å². The Morgan fingerprint density at radius 1 is 1.40 bits per heavy atom. The number of likely N-dealkylation sites (tertiary alicyclic amines) is 1. The predicted octanol–water partition coefficient (Wildman–Crippen LogP) is 2.48. The second-order valence-electron chi connectivity index (χ2n) is 5.38. The number of hydrogen-bond donors (Lipinski definition) is 1. The molecule has 0 saturated carbocycles. The van der Waals surface area contributed by atoms with E-state index in [0.29, 0.717) is 12.1 Å². The normalized spacial score (nSPS) is 32.6. The van der Waals surface area contributed by atoms with Gasteiger partial charge in [0.15, 0.2) is 0 Å². The summed E-state index contributed by atoms with van der Waals surface area (Å²) >= 11 is 0. The number of rotatable bonds is 4. The zero-order valence-electron chi connectivity index (χ0n) is 10.9. The van der Waals surface area contributed by atoms with Crippen molar-refractivity contribution in [2.24, 2.45) is 17.6 Å². The van der Waals surface area contributed by atoms with E-state index in [2.05, 4.69) is 32.6 Å². The van der Waals surface area contributed by atoms with E-state index >= 15 is 0 Å². The Morgan fingerprint density at radius 2 is 2.07 bits per heavy atom. The molecule has 1 rings (SSSR count). The Bertz CT molecular complexity index is 179. The Kier molecular flexibility index (Phi) is 5.07. The predicted molar refractivity (Wildman–Crippen MR) is 66.9 cm³/mol. The average molecular weight is 212 g/mol. The van der Waals surface area contributed by atoms with Gasteiger partial charge in [0.2, 0.25) is 0 Å². The molecule has 4 unspecified atom stereocenters. The molecule has 4 atom stereocenters. The van der Waals surface area contributed by atoms with Gasteiger partial charge in [-0.25, -0.2) is 0 Å². The molecule has 0 aromatic carbocycles. The van der Waals surface area contributed by atoms with E-state index in [4.69, 9.17) is 5.73 Å². The van der Waals surface area contributed by atoms with Crippen LogP contribution in [-0.2, 0) is 0 Å². The van der Waals surface area contributed by atoms with Crippen molar-refractivity contribution in [3.63, 3.8) is 0 Å². The molecular formula is C13H28N2. The molecule has 0 aliphatic carbocycles. The zero-order chi connectivity index (χ0) is 11.4. The molecule has 1 heterocycles. The van der Waals surface area contributed by atoms with E-state index in [-0.39, 0.29) is 0 Å². The number of hydrogen-bond acceptors (Lipinski definition) is 2. The highest BCUT2D eigenvalue weighted by molar-refractivity contribution is 4.85. The second-order valence-corrected chi connectivity index (χ2v) is 5.38. The summed E-state index contributed by atoms with van der Waals surface area (Å²) in [5.74, 6) is 1.64. The van der Waals surface area contributed by atoms with Gasteiger partial charge in [0.05, 0.1) is 0 Å². The fourth-order valence-corrected chi connectivity index (χ4v) is 2.71. The van der Waals surface area contributed by atoms with Gasteiger partial charge >= 0.3 is 0 Å². The molecule has 2 heteroatoms. The van der Waals surface area contributed by atoms with Gasteiger partial charge in [0, 0.05) is 18.6 Å². The molecule has 0 spiro atoms. The maximum Gasteiger partial charge on any atom is 0.0223 e. The lowest BCUT2D eigenvalue weighted by atomic mass is 9.88. The minimum absolute atomic E-state index is 0.623. The van der Waals surface area contributed by atoms with E-state index in [1.165, 1.54) is 25.8 Å². The van der Waals surface area contributed by atoms with Crippen LogP contribution in [0.5, 0.6) is 0 Å². The Morgan fingerprint density at radius 3 is 2.60 bits per heavy atom. The molecule has 2 N–H and O–H groups in total. The van der Waals surface area contributed by atoms with Crippen molar-refractivity contribution in [1.82, 2.24) is 4.90 Å². The smallest absolute Gasteiger partial charge is 0.0223 e. The first-order valence-corrected chi connectivity index (χ1v) is 6.55. The summed E-state index contributed by atoms with van der Waals surface area (Å²) in [4.78, 5) is 2.65. The first-order valence-electron chi connectivity index (χ1n) is 6.55. The molecule has 1 saturated heterocycles. The van der Waals surface area contributed by atoms with Crippen LogP contribution in [0.3, 0.4) is 0 Å². The van der Waals surface area contributed by atoms with Gasteiger partial charge < -0.3 is 5.73 Å². The summed E-state index contributed by atoms with van der Waals surface area (Å²) in [7, 11) is 0. The lowest BCUT2D eigenvalue weighted by molar-refractivity contribution is 0.0583. The molecule has 0 amide bonds. The quantitative estimate of drug-likeness (QED) is 0.776. The monoisotopic (exact) mass is 212 g/mol. The first-order chi connectivity index (χ1) is 7.10. The molecule has 90 valence electrons. The topological polar surface area (TPSA) is 29.3 Å². The summed E-state index contributed by atoms with van der Waals surface area (Å²) in [6.45, 7) is 11.4. The molecule has 15 heavy (non-hydrogen) atoms. The van der Waals surface area contributed by atoms with Crippen molar-refractivity contribution < 1.29 is 0 Å². The van der Waals surface area contributed by atoms with Gasteiger partial charge in [-0.05, 0) is 38.1 Å². The Hall–Kier alpha value is -0.0800. The summed E-state index contributed by atoms with van der Waals surface area (Å²) in [6, 6.07) is 1.31. The fraction of sp³-hybridized carbons (Fsp3) is 1.00. The van der Waals surface area contributed by atoms with Gasteiger partial charge in [-0.3, -0.25) is 4.90 Å². The maximum absolute atomic E-state index is 5.89. The lowest BCUT2D eigenvalue weighted by Crippen LogP contribution is -2.52. The van der Waals surface area contributed by atoms with Crippen molar-refractivity contribution >= 4 is 0 Å². The van der Waals surface area contributed by atoms with Crippen LogP contribution in [0.15, 0.2) is 0 Å². The van der Waals surface area contributed by atoms with Crippen LogP contribution >= 0.6 is 0 Å². The minimum atomic E-state index is 0.623. The molecule has 1 fully saturated rings.